The summed E-state index contributed by atoms with van der Waals surface area (Å²) in [7, 11) is 1.88. The van der Waals surface area contributed by atoms with Gasteiger partial charge in [-0.15, -0.1) is 11.3 Å². The molecule has 5 nitrogen and oxygen atoms in total. The monoisotopic (exact) mass is 241 g/mol. The maximum atomic E-state index is 12.0. The number of nitrogens with zero attached hydrogens (tertiary/aromatic N) is 2. The Labute approximate surface area is 98.4 Å². The highest BCUT2D eigenvalue weighted by molar-refractivity contribution is 7.11. The number of aromatic nitrogens is 1. The first-order valence-corrected chi connectivity index (χ1v) is 6.13. The number of carbonyl (C=O) groups excluding carboxylic acids is 1. The fourth-order valence-corrected chi connectivity index (χ4v) is 2.32. The maximum Gasteiger partial charge on any atom is 0.265 e. The van der Waals surface area contributed by atoms with Crippen LogP contribution >= 0.6 is 11.3 Å². The van der Waals surface area contributed by atoms with Gasteiger partial charge in [0.2, 0.25) is 0 Å². The molecule has 0 bridgehead atoms. The normalized spacial score (nSPS) is 21.1. The number of thiazole rings is 1. The number of carbonyl (C=O) groups is 1. The fraction of sp³-hybridized carbons (Fsp3) is 0.600. The van der Waals surface area contributed by atoms with Crippen molar-refractivity contribution in [2.45, 2.75) is 6.10 Å². The highest BCUT2D eigenvalue weighted by atomic mass is 32.1. The Hall–Kier alpha value is -0.980. The van der Waals surface area contributed by atoms with Crippen LogP contribution in [-0.4, -0.2) is 55.2 Å². The van der Waals surface area contributed by atoms with Gasteiger partial charge >= 0.3 is 0 Å². The number of rotatable bonds is 3. The standard InChI is InChI=1S/C10H15N3O2S/c1-11-4-8-6-13(2-3-15-8)10(14)9-5-12-7-16-9/h5,7-8,11H,2-4,6H2,1H3. The van der Waals surface area contributed by atoms with Crippen LogP contribution < -0.4 is 5.32 Å². The summed E-state index contributed by atoms with van der Waals surface area (Å²) in [5.41, 5.74) is 1.68. The number of morpholine rings is 1. The van der Waals surface area contributed by atoms with Crippen LogP contribution in [0.2, 0.25) is 0 Å². The third kappa shape index (κ3) is 2.58. The summed E-state index contributed by atoms with van der Waals surface area (Å²) in [5.74, 6) is 0.0619. The molecule has 6 heteroatoms. The van der Waals surface area contributed by atoms with E-state index in [0.717, 1.165) is 6.54 Å². The molecule has 0 radical (unpaired) electrons. The van der Waals surface area contributed by atoms with Gasteiger partial charge in [-0.2, -0.15) is 0 Å². The predicted molar refractivity (Wildman–Crippen MR) is 61.7 cm³/mol. The van der Waals surface area contributed by atoms with E-state index in [1.807, 2.05) is 11.9 Å². The third-order valence-electron chi connectivity index (χ3n) is 2.50. The fourth-order valence-electron chi connectivity index (χ4n) is 1.73. The van der Waals surface area contributed by atoms with E-state index in [9.17, 15) is 4.79 Å². The van der Waals surface area contributed by atoms with Crippen LogP contribution in [0.15, 0.2) is 11.7 Å². The number of hydrogen-bond donors (Lipinski definition) is 1. The Kier molecular flexibility index (Phi) is 3.87. The van der Waals surface area contributed by atoms with Crippen molar-refractivity contribution in [2.24, 2.45) is 0 Å². The average Bonchev–Trinajstić information content (AvgIpc) is 2.82. The molecule has 88 valence electrons. The summed E-state index contributed by atoms with van der Waals surface area (Å²) in [4.78, 5) is 18.5. The highest BCUT2D eigenvalue weighted by Crippen LogP contribution is 2.13. The van der Waals surface area contributed by atoms with E-state index < -0.39 is 0 Å². The van der Waals surface area contributed by atoms with E-state index in [0.29, 0.717) is 24.6 Å². The molecule has 0 aromatic carbocycles. The Morgan fingerprint density at radius 2 is 2.69 bits per heavy atom. The van der Waals surface area contributed by atoms with Gasteiger partial charge in [0.1, 0.15) is 4.88 Å². The van der Waals surface area contributed by atoms with Crippen molar-refractivity contribution in [2.75, 3.05) is 33.3 Å². The minimum Gasteiger partial charge on any atom is -0.373 e. The topological polar surface area (TPSA) is 54.5 Å². The van der Waals surface area contributed by atoms with Crippen molar-refractivity contribution in [1.29, 1.82) is 0 Å². The molecule has 1 aromatic heterocycles. The Morgan fingerprint density at radius 1 is 1.81 bits per heavy atom. The SMILES string of the molecule is CNCC1CN(C(=O)c2cncs2)CCO1. The lowest BCUT2D eigenvalue weighted by Crippen LogP contribution is -2.48. The predicted octanol–water partition coefficient (Wildman–Crippen LogP) is 0.203. The van der Waals surface area contributed by atoms with Crippen LogP contribution in [-0.2, 0) is 4.74 Å². The molecule has 0 saturated carbocycles. The van der Waals surface area contributed by atoms with Crippen molar-refractivity contribution >= 4 is 17.2 Å². The Balaban J connectivity index is 1.96. The molecule has 1 aromatic rings. The van der Waals surface area contributed by atoms with Gasteiger partial charge < -0.3 is 15.0 Å². The van der Waals surface area contributed by atoms with Gasteiger partial charge in [0, 0.05) is 19.6 Å². The number of amides is 1. The van der Waals surface area contributed by atoms with Crippen LogP contribution in [0.25, 0.3) is 0 Å². The second-order valence-corrected chi connectivity index (χ2v) is 4.55. The lowest BCUT2D eigenvalue weighted by atomic mass is 10.2. The molecule has 1 saturated heterocycles. The van der Waals surface area contributed by atoms with Gasteiger partial charge in [-0.3, -0.25) is 9.78 Å². The number of nitrogens with one attached hydrogen (secondary N) is 1. The second-order valence-electron chi connectivity index (χ2n) is 3.67. The summed E-state index contributed by atoms with van der Waals surface area (Å²) in [6.45, 7) is 2.69. The van der Waals surface area contributed by atoms with Crippen molar-refractivity contribution < 1.29 is 9.53 Å². The molecule has 1 aliphatic rings. The zero-order valence-electron chi connectivity index (χ0n) is 9.18. The van der Waals surface area contributed by atoms with E-state index in [4.69, 9.17) is 4.74 Å². The van der Waals surface area contributed by atoms with Gasteiger partial charge in [-0.25, -0.2) is 0 Å². The van der Waals surface area contributed by atoms with Crippen LogP contribution in [0, 0.1) is 0 Å². The molecule has 1 N–H and O–H groups in total. The molecule has 1 atom stereocenters. The summed E-state index contributed by atoms with van der Waals surface area (Å²) < 4.78 is 5.55. The Morgan fingerprint density at radius 3 is 3.38 bits per heavy atom. The van der Waals surface area contributed by atoms with E-state index >= 15 is 0 Å². The molecule has 1 unspecified atom stereocenters. The first-order chi connectivity index (χ1) is 7.81. The first-order valence-electron chi connectivity index (χ1n) is 5.25. The zero-order chi connectivity index (χ0) is 11.4. The lowest BCUT2D eigenvalue weighted by Gasteiger charge is -2.32. The molecule has 0 aliphatic carbocycles. The van der Waals surface area contributed by atoms with E-state index in [1.54, 1.807) is 11.7 Å². The largest absolute Gasteiger partial charge is 0.373 e. The molecule has 0 spiro atoms. The van der Waals surface area contributed by atoms with Crippen molar-refractivity contribution in [3.8, 4) is 0 Å². The molecular weight excluding hydrogens is 226 g/mol. The van der Waals surface area contributed by atoms with Gasteiger partial charge in [-0.1, -0.05) is 0 Å². The smallest absolute Gasteiger partial charge is 0.265 e. The first kappa shape index (κ1) is 11.5. The molecule has 2 heterocycles. The maximum absolute atomic E-state index is 12.0. The van der Waals surface area contributed by atoms with Gasteiger partial charge in [0.15, 0.2) is 0 Å². The van der Waals surface area contributed by atoms with Crippen LogP contribution in [0.1, 0.15) is 9.67 Å². The minimum atomic E-state index is 0.0619. The summed E-state index contributed by atoms with van der Waals surface area (Å²) in [6, 6.07) is 0. The average molecular weight is 241 g/mol. The summed E-state index contributed by atoms with van der Waals surface area (Å²) >= 11 is 1.38. The highest BCUT2D eigenvalue weighted by Gasteiger charge is 2.25. The van der Waals surface area contributed by atoms with Crippen LogP contribution in [0.3, 0.4) is 0 Å². The lowest BCUT2D eigenvalue weighted by molar-refractivity contribution is -0.0194. The molecule has 1 fully saturated rings. The van der Waals surface area contributed by atoms with Crippen LogP contribution in [0.5, 0.6) is 0 Å². The molecule has 2 rings (SSSR count). The third-order valence-corrected chi connectivity index (χ3v) is 3.26. The van der Waals surface area contributed by atoms with E-state index in [2.05, 4.69) is 10.3 Å². The molecule has 16 heavy (non-hydrogen) atoms. The van der Waals surface area contributed by atoms with Crippen molar-refractivity contribution in [3.05, 3.63) is 16.6 Å². The zero-order valence-corrected chi connectivity index (χ0v) is 10.00. The Bertz CT molecular complexity index is 340. The number of hydrogen-bond acceptors (Lipinski definition) is 5. The van der Waals surface area contributed by atoms with Crippen molar-refractivity contribution in [3.63, 3.8) is 0 Å². The quantitative estimate of drug-likeness (QED) is 0.821. The summed E-state index contributed by atoms with van der Waals surface area (Å²) in [6.07, 6.45) is 1.71. The molecular formula is C10H15N3O2S. The summed E-state index contributed by atoms with van der Waals surface area (Å²) in [5, 5.41) is 3.06. The van der Waals surface area contributed by atoms with Gasteiger partial charge in [0.05, 0.1) is 24.4 Å². The van der Waals surface area contributed by atoms with Gasteiger partial charge in [0.25, 0.3) is 5.91 Å². The van der Waals surface area contributed by atoms with Crippen LogP contribution in [0.4, 0.5) is 0 Å². The number of ether oxygens (including phenoxy) is 1. The second kappa shape index (κ2) is 5.38. The molecule has 1 amide bonds. The minimum absolute atomic E-state index is 0.0619. The molecule has 1 aliphatic heterocycles. The van der Waals surface area contributed by atoms with Crippen molar-refractivity contribution in [1.82, 2.24) is 15.2 Å². The number of likely N-dealkylation sites (N-methyl/N-ethyl adjacent to an activating group) is 1. The van der Waals surface area contributed by atoms with Gasteiger partial charge in [-0.05, 0) is 7.05 Å². The van der Waals surface area contributed by atoms with E-state index in [-0.39, 0.29) is 12.0 Å². The van der Waals surface area contributed by atoms with E-state index in [1.165, 1.54) is 11.3 Å².